The van der Waals surface area contributed by atoms with Gasteiger partial charge in [-0.2, -0.15) is 0 Å². The first-order valence-corrected chi connectivity index (χ1v) is 8.03. The van der Waals surface area contributed by atoms with Gasteiger partial charge in [-0.05, 0) is 67.3 Å². The van der Waals surface area contributed by atoms with Gasteiger partial charge in [0.05, 0.1) is 5.92 Å². The number of hydrogen-bond acceptors (Lipinski definition) is 1. The maximum atomic E-state index is 11.3. The second kappa shape index (κ2) is 5.92. The second-order valence-electron chi connectivity index (χ2n) is 6.19. The third-order valence-corrected chi connectivity index (χ3v) is 4.79. The molecule has 3 heteroatoms. The summed E-state index contributed by atoms with van der Waals surface area (Å²) in [6.45, 7) is 1.94. The van der Waals surface area contributed by atoms with Crippen LogP contribution in [0.25, 0.3) is 10.9 Å². The number of benzene rings is 1. The van der Waals surface area contributed by atoms with Gasteiger partial charge in [-0.15, -0.1) is 0 Å². The number of nitrogens with one attached hydrogen (secondary N) is 1. The van der Waals surface area contributed by atoms with E-state index < -0.39 is 5.97 Å². The molecule has 0 saturated carbocycles. The topological polar surface area (TPSA) is 53.1 Å². The fourth-order valence-electron chi connectivity index (χ4n) is 3.43. The molecule has 0 fully saturated rings. The maximum absolute atomic E-state index is 11.3. The lowest BCUT2D eigenvalue weighted by Gasteiger charge is -2.10. The second-order valence-corrected chi connectivity index (χ2v) is 6.19. The molecule has 0 saturated heterocycles. The van der Waals surface area contributed by atoms with Crippen LogP contribution in [0, 0.1) is 5.92 Å². The predicted molar refractivity (Wildman–Crippen MR) is 84.7 cm³/mol. The third-order valence-electron chi connectivity index (χ3n) is 4.79. The molecule has 0 bridgehead atoms. The van der Waals surface area contributed by atoms with Crippen molar-refractivity contribution in [2.24, 2.45) is 5.92 Å². The number of carboxylic acid groups (broad SMARTS) is 1. The van der Waals surface area contributed by atoms with E-state index in [4.69, 9.17) is 0 Å². The summed E-state index contributed by atoms with van der Waals surface area (Å²) in [5, 5.41) is 10.5. The van der Waals surface area contributed by atoms with Crippen molar-refractivity contribution in [2.75, 3.05) is 0 Å². The highest BCUT2D eigenvalue weighted by atomic mass is 16.4. The van der Waals surface area contributed by atoms with Gasteiger partial charge in [0.25, 0.3) is 0 Å². The van der Waals surface area contributed by atoms with Crippen LogP contribution in [0.4, 0.5) is 0 Å². The standard InChI is InChI=1S/C18H23NO2/c1-2-12(18(20)21)8-15-11-19-17-10-14-7-5-3-4-6-13(14)9-16(15)17/h9-12,19H,2-8H2,1H3,(H,20,21). The van der Waals surface area contributed by atoms with E-state index in [2.05, 4.69) is 17.1 Å². The highest BCUT2D eigenvalue weighted by molar-refractivity contribution is 5.85. The minimum Gasteiger partial charge on any atom is -0.481 e. The average Bonchev–Trinajstić information content (AvgIpc) is 2.70. The van der Waals surface area contributed by atoms with Crippen molar-refractivity contribution < 1.29 is 9.90 Å². The highest BCUT2D eigenvalue weighted by Gasteiger charge is 2.18. The van der Waals surface area contributed by atoms with Crippen LogP contribution in [-0.4, -0.2) is 16.1 Å². The number of hydrogen-bond donors (Lipinski definition) is 2. The number of aromatic nitrogens is 1. The van der Waals surface area contributed by atoms with Crippen molar-refractivity contribution in [3.05, 3.63) is 35.0 Å². The predicted octanol–water partition coefficient (Wildman–Crippen LogP) is 4.09. The summed E-state index contributed by atoms with van der Waals surface area (Å²) >= 11 is 0. The molecule has 112 valence electrons. The van der Waals surface area contributed by atoms with E-state index in [1.54, 1.807) is 0 Å². The van der Waals surface area contributed by atoms with Gasteiger partial charge in [0.15, 0.2) is 0 Å². The molecule has 1 aliphatic rings. The Kier molecular flexibility index (Phi) is 4.00. The molecule has 3 rings (SSSR count). The molecule has 0 spiro atoms. The summed E-state index contributed by atoms with van der Waals surface area (Å²) < 4.78 is 0. The van der Waals surface area contributed by atoms with Crippen molar-refractivity contribution in [1.82, 2.24) is 4.98 Å². The quantitative estimate of drug-likeness (QED) is 0.831. The number of carbonyl (C=O) groups is 1. The van der Waals surface area contributed by atoms with Crippen LogP contribution in [0.5, 0.6) is 0 Å². The zero-order chi connectivity index (χ0) is 14.8. The Balaban J connectivity index is 1.97. The molecule has 3 nitrogen and oxygen atoms in total. The molecular weight excluding hydrogens is 262 g/mol. The normalized spacial score (nSPS) is 16.4. The first kappa shape index (κ1) is 14.2. The van der Waals surface area contributed by atoms with Crippen LogP contribution in [0.1, 0.15) is 49.3 Å². The van der Waals surface area contributed by atoms with E-state index in [9.17, 15) is 9.90 Å². The SMILES string of the molecule is CCC(Cc1c[nH]c2cc3c(cc12)CCCCC3)C(=O)O. The molecule has 1 heterocycles. The first-order valence-electron chi connectivity index (χ1n) is 8.03. The van der Waals surface area contributed by atoms with E-state index in [0.29, 0.717) is 12.8 Å². The van der Waals surface area contributed by atoms with Crippen molar-refractivity contribution >= 4 is 16.9 Å². The molecule has 1 aromatic heterocycles. The lowest BCUT2D eigenvalue weighted by molar-refractivity contribution is -0.141. The molecule has 1 atom stereocenters. The molecule has 1 aromatic carbocycles. The van der Waals surface area contributed by atoms with Crippen molar-refractivity contribution in [3.8, 4) is 0 Å². The van der Waals surface area contributed by atoms with E-state index in [-0.39, 0.29) is 5.92 Å². The van der Waals surface area contributed by atoms with Crippen molar-refractivity contribution in [2.45, 2.75) is 51.9 Å². The Morgan fingerprint density at radius 2 is 1.95 bits per heavy atom. The summed E-state index contributed by atoms with van der Waals surface area (Å²) in [4.78, 5) is 14.6. The lowest BCUT2D eigenvalue weighted by atomic mass is 9.94. The summed E-state index contributed by atoms with van der Waals surface area (Å²) in [5.41, 5.74) is 5.24. The summed E-state index contributed by atoms with van der Waals surface area (Å²) in [5.74, 6) is -0.982. The molecule has 2 N–H and O–H groups in total. The maximum Gasteiger partial charge on any atom is 0.306 e. The average molecular weight is 285 g/mol. The fourth-order valence-corrected chi connectivity index (χ4v) is 3.43. The zero-order valence-corrected chi connectivity index (χ0v) is 12.6. The van der Waals surface area contributed by atoms with Gasteiger partial charge in [-0.3, -0.25) is 4.79 Å². The Hall–Kier alpha value is -1.77. The molecule has 21 heavy (non-hydrogen) atoms. The van der Waals surface area contributed by atoms with Gasteiger partial charge in [0.2, 0.25) is 0 Å². The van der Waals surface area contributed by atoms with Crippen LogP contribution in [0.3, 0.4) is 0 Å². The number of H-pyrrole nitrogens is 1. The van der Waals surface area contributed by atoms with Crippen LogP contribution < -0.4 is 0 Å². The van der Waals surface area contributed by atoms with Crippen LogP contribution >= 0.6 is 0 Å². The number of fused-ring (bicyclic) bond motifs is 2. The van der Waals surface area contributed by atoms with Crippen LogP contribution in [0.2, 0.25) is 0 Å². The molecule has 2 aromatic rings. The van der Waals surface area contributed by atoms with Gasteiger partial charge in [-0.25, -0.2) is 0 Å². The van der Waals surface area contributed by atoms with Gasteiger partial charge in [-0.1, -0.05) is 13.3 Å². The summed E-state index contributed by atoms with van der Waals surface area (Å²) in [7, 11) is 0. The number of aliphatic carboxylic acids is 1. The molecule has 0 radical (unpaired) electrons. The summed E-state index contributed by atoms with van der Waals surface area (Å²) in [6.07, 6.45) is 9.48. The van der Waals surface area contributed by atoms with Crippen molar-refractivity contribution in [3.63, 3.8) is 0 Å². The highest BCUT2D eigenvalue weighted by Crippen LogP contribution is 2.29. The number of aryl methyl sites for hydroxylation is 2. The molecule has 0 amide bonds. The Bertz CT molecular complexity index is 657. The number of aromatic amines is 1. The largest absolute Gasteiger partial charge is 0.481 e. The molecular formula is C18H23NO2. The molecule has 0 aliphatic heterocycles. The number of rotatable bonds is 4. The fraction of sp³-hybridized carbons (Fsp3) is 0.500. The Labute approximate surface area is 125 Å². The van der Waals surface area contributed by atoms with Gasteiger partial charge >= 0.3 is 5.97 Å². The lowest BCUT2D eigenvalue weighted by Crippen LogP contribution is -2.15. The van der Waals surface area contributed by atoms with Crippen LogP contribution in [-0.2, 0) is 24.1 Å². The number of carboxylic acids is 1. The van der Waals surface area contributed by atoms with Crippen LogP contribution in [0.15, 0.2) is 18.3 Å². The van der Waals surface area contributed by atoms with E-state index in [1.807, 2.05) is 13.1 Å². The molecule has 1 unspecified atom stereocenters. The van der Waals surface area contributed by atoms with Gasteiger partial charge in [0.1, 0.15) is 0 Å². The van der Waals surface area contributed by atoms with E-state index >= 15 is 0 Å². The molecule has 1 aliphatic carbocycles. The minimum absolute atomic E-state index is 0.289. The van der Waals surface area contributed by atoms with E-state index in [1.165, 1.54) is 42.2 Å². The van der Waals surface area contributed by atoms with Crippen molar-refractivity contribution in [1.29, 1.82) is 0 Å². The smallest absolute Gasteiger partial charge is 0.306 e. The third kappa shape index (κ3) is 2.82. The monoisotopic (exact) mass is 285 g/mol. The van der Waals surface area contributed by atoms with Gasteiger partial charge in [0, 0.05) is 17.1 Å². The van der Waals surface area contributed by atoms with Gasteiger partial charge < -0.3 is 10.1 Å². The minimum atomic E-state index is -0.693. The van der Waals surface area contributed by atoms with E-state index in [0.717, 1.165) is 17.5 Å². The zero-order valence-electron chi connectivity index (χ0n) is 12.6. The first-order chi connectivity index (χ1) is 10.2. The Morgan fingerprint density at radius 3 is 2.62 bits per heavy atom. The Morgan fingerprint density at radius 1 is 1.24 bits per heavy atom. The summed E-state index contributed by atoms with van der Waals surface area (Å²) in [6, 6.07) is 4.58.